The maximum atomic E-state index is 12.0. The van der Waals surface area contributed by atoms with E-state index >= 15 is 0 Å². The molecule has 0 spiro atoms. The van der Waals surface area contributed by atoms with Gasteiger partial charge >= 0.3 is 12.3 Å². The van der Waals surface area contributed by atoms with Gasteiger partial charge < -0.3 is 33.2 Å². The van der Waals surface area contributed by atoms with Crippen LogP contribution in [0.1, 0.15) is 111 Å². The van der Waals surface area contributed by atoms with Crippen molar-refractivity contribution in [3.63, 3.8) is 0 Å². The van der Waals surface area contributed by atoms with Gasteiger partial charge in [-0.1, -0.05) is 70.4 Å². The zero-order valence-corrected chi connectivity index (χ0v) is 24.8. The van der Waals surface area contributed by atoms with Crippen LogP contribution in [0.15, 0.2) is 24.3 Å². The topological polar surface area (TPSA) is 98.8 Å². The average Bonchev–Trinajstić information content (AvgIpc) is 3.28. The normalized spacial score (nSPS) is 23.3. The Morgan fingerprint density at radius 3 is 1.75 bits per heavy atom. The Balaban J connectivity index is 1.43. The molecule has 2 fully saturated rings. The van der Waals surface area contributed by atoms with Gasteiger partial charge in [-0.05, 0) is 64.5 Å². The van der Waals surface area contributed by atoms with Gasteiger partial charge in [-0.2, -0.15) is 0 Å². The Labute approximate surface area is 239 Å². The molecule has 1 saturated carbocycles. The number of carbonyl (C=O) groups excluding carboxylic acids is 2. The molecule has 0 aromatic heterocycles. The summed E-state index contributed by atoms with van der Waals surface area (Å²) in [6.45, 7) is 9.70. The van der Waals surface area contributed by atoms with Gasteiger partial charge in [0, 0.05) is 5.56 Å². The lowest BCUT2D eigenvalue weighted by Crippen LogP contribution is -2.34. The Morgan fingerprint density at radius 1 is 0.775 bits per heavy atom. The Hall–Kier alpha value is -2.52. The summed E-state index contributed by atoms with van der Waals surface area (Å²) in [4.78, 5) is 24.1. The number of unbranched alkanes of at least 4 members (excludes halogenated alkanes) is 2. The summed E-state index contributed by atoms with van der Waals surface area (Å²) < 4.78 is 37.9. The van der Waals surface area contributed by atoms with Gasteiger partial charge in [0.05, 0.1) is 18.8 Å². The van der Waals surface area contributed by atoms with E-state index in [-0.39, 0.29) is 0 Å². The summed E-state index contributed by atoms with van der Waals surface area (Å²) in [6, 6.07) is 7.29. The standard InChI is InChI=1S/C31H48O9/c1-6-7-8-10-23-12-14-24(15-13-23)11-9-20-34-26-18-16-25(17-19-26)27-37-28(39-30(32)35-21(2)3)29(38-27)40-31(33)36-22(4)5/h16-19,21-24,27-29H,6-15,20H2,1-5H3/t23?,24?,28-,29-/m1/s1. The van der Waals surface area contributed by atoms with Crippen LogP contribution in [-0.2, 0) is 28.4 Å². The van der Waals surface area contributed by atoms with Crippen molar-refractivity contribution in [1.82, 2.24) is 0 Å². The molecule has 0 amide bonds. The molecule has 2 aliphatic rings. The quantitative estimate of drug-likeness (QED) is 0.164. The van der Waals surface area contributed by atoms with E-state index < -0.39 is 43.4 Å². The molecule has 1 aromatic rings. The number of rotatable bonds is 14. The zero-order chi connectivity index (χ0) is 28.9. The van der Waals surface area contributed by atoms with Crippen LogP contribution >= 0.6 is 0 Å². The van der Waals surface area contributed by atoms with Crippen molar-refractivity contribution < 1.29 is 42.7 Å². The van der Waals surface area contributed by atoms with Crippen molar-refractivity contribution in [1.29, 1.82) is 0 Å². The fourth-order valence-corrected chi connectivity index (χ4v) is 5.13. The summed E-state index contributed by atoms with van der Waals surface area (Å²) in [5, 5.41) is 0. The van der Waals surface area contributed by atoms with Crippen molar-refractivity contribution in [2.45, 2.75) is 130 Å². The Bertz CT molecular complexity index is 845. The van der Waals surface area contributed by atoms with E-state index in [4.69, 9.17) is 33.2 Å². The monoisotopic (exact) mass is 564 g/mol. The van der Waals surface area contributed by atoms with Gasteiger partial charge in [0.25, 0.3) is 12.6 Å². The van der Waals surface area contributed by atoms with E-state index in [1.165, 1.54) is 57.8 Å². The minimum atomic E-state index is -1.32. The summed E-state index contributed by atoms with van der Waals surface area (Å²) in [6.07, 6.45) is 6.93. The summed E-state index contributed by atoms with van der Waals surface area (Å²) in [7, 11) is 0. The Morgan fingerprint density at radius 2 is 1.27 bits per heavy atom. The second-order valence-corrected chi connectivity index (χ2v) is 11.4. The van der Waals surface area contributed by atoms with E-state index in [1.807, 2.05) is 12.1 Å². The van der Waals surface area contributed by atoms with Crippen LogP contribution in [0, 0.1) is 11.8 Å². The molecule has 3 rings (SSSR count). The number of benzene rings is 1. The molecule has 0 bridgehead atoms. The van der Waals surface area contributed by atoms with Gasteiger partial charge in [0.2, 0.25) is 0 Å². The largest absolute Gasteiger partial charge is 0.511 e. The molecule has 0 radical (unpaired) electrons. The lowest BCUT2D eigenvalue weighted by molar-refractivity contribution is -0.163. The van der Waals surface area contributed by atoms with Gasteiger partial charge in [-0.25, -0.2) is 9.59 Å². The average molecular weight is 565 g/mol. The van der Waals surface area contributed by atoms with Gasteiger partial charge in [0.1, 0.15) is 5.75 Å². The highest BCUT2D eigenvalue weighted by Crippen LogP contribution is 2.35. The molecule has 40 heavy (non-hydrogen) atoms. The highest BCUT2D eigenvalue weighted by Gasteiger charge is 2.43. The molecule has 2 atom stereocenters. The molecule has 0 N–H and O–H groups in total. The second-order valence-electron chi connectivity index (χ2n) is 11.4. The van der Waals surface area contributed by atoms with E-state index in [2.05, 4.69) is 6.92 Å². The first-order valence-electron chi connectivity index (χ1n) is 15.0. The number of hydrogen-bond acceptors (Lipinski definition) is 9. The number of carbonyl (C=O) groups is 2. The predicted molar refractivity (Wildman–Crippen MR) is 149 cm³/mol. The first-order valence-corrected chi connectivity index (χ1v) is 15.0. The molecule has 1 saturated heterocycles. The van der Waals surface area contributed by atoms with Gasteiger partial charge in [-0.3, -0.25) is 0 Å². The van der Waals surface area contributed by atoms with Crippen molar-refractivity contribution in [2.75, 3.05) is 6.61 Å². The first-order chi connectivity index (χ1) is 19.2. The SMILES string of the molecule is CCCCCC1CCC(CCCOc2ccc(C3O[C@H](OC(=O)OC(C)C)[C@@H](OC(=O)OC(C)C)O3)cc2)CC1. The summed E-state index contributed by atoms with van der Waals surface area (Å²) in [5.74, 6) is 2.52. The third-order valence-electron chi connectivity index (χ3n) is 7.19. The first kappa shape index (κ1) is 32.0. The van der Waals surface area contributed by atoms with Gasteiger partial charge in [0.15, 0.2) is 6.29 Å². The van der Waals surface area contributed by atoms with E-state index in [9.17, 15) is 9.59 Å². The van der Waals surface area contributed by atoms with Crippen LogP contribution in [0.25, 0.3) is 0 Å². The van der Waals surface area contributed by atoms with Crippen LogP contribution < -0.4 is 4.74 Å². The van der Waals surface area contributed by atoms with Crippen LogP contribution in [0.2, 0.25) is 0 Å². The van der Waals surface area contributed by atoms with Crippen LogP contribution in [-0.4, -0.2) is 43.7 Å². The molecule has 1 aliphatic heterocycles. The minimum Gasteiger partial charge on any atom is -0.494 e. The minimum absolute atomic E-state index is 0.390. The summed E-state index contributed by atoms with van der Waals surface area (Å²) in [5.41, 5.74) is 0.650. The molecular weight excluding hydrogens is 516 g/mol. The van der Waals surface area contributed by atoms with Crippen molar-refractivity contribution in [3.8, 4) is 5.75 Å². The molecule has 0 unspecified atom stereocenters. The van der Waals surface area contributed by atoms with E-state index in [0.717, 1.165) is 24.0 Å². The maximum absolute atomic E-state index is 12.0. The van der Waals surface area contributed by atoms with Crippen molar-refractivity contribution >= 4 is 12.3 Å². The van der Waals surface area contributed by atoms with E-state index in [0.29, 0.717) is 12.2 Å². The molecule has 1 aromatic carbocycles. The fourth-order valence-electron chi connectivity index (χ4n) is 5.13. The summed E-state index contributed by atoms with van der Waals surface area (Å²) >= 11 is 0. The third-order valence-corrected chi connectivity index (χ3v) is 7.19. The zero-order valence-electron chi connectivity index (χ0n) is 24.8. The van der Waals surface area contributed by atoms with Gasteiger partial charge in [-0.15, -0.1) is 0 Å². The van der Waals surface area contributed by atoms with Crippen molar-refractivity contribution in [2.24, 2.45) is 11.8 Å². The Kier molecular flexibility index (Phi) is 13.3. The van der Waals surface area contributed by atoms with E-state index in [1.54, 1.807) is 39.8 Å². The number of hydrogen-bond donors (Lipinski definition) is 0. The second kappa shape index (κ2) is 16.7. The highest BCUT2D eigenvalue weighted by atomic mass is 16.9. The van der Waals surface area contributed by atoms with Crippen LogP contribution in [0.3, 0.4) is 0 Å². The molecule has 1 heterocycles. The number of ether oxygens (including phenoxy) is 7. The fraction of sp³-hybridized carbons (Fsp3) is 0.742. The molecular formula is C31H48O9. The molecule has 1 aliphatic carbocycles. The maximum Gasteiger partial charge on any atom is 0.511 e. The predicted octanol–water partition coefficient (Wildman–Crippen LogP) is 8.05. The van der Waals surface area contributed by atoms with Crippen molar-refractivity contribution in [3.05, 3.63) is 29.8 Å². The van der Waals surface area contributed by atoms with Crippen LogP contribution in [0.5, 0.6) is 5.75 Å². The molecule has 9 heteroatoms. The highest BCUT2D eigenvalue weighted by molar-refractivity contribution is 5.61. The third kappa shape index (κ3) is 11.2. The van der Waals surface area contributed by atoms with Crippen LogP contribution in [0.4, 0.5) is 9.59 Å². The molecule has 226 valence electrons. The lowest BCUT2D eigenvalue weighted by atomic mass is 9.78. The lowest BCUT2D eigenvalue weighted by Gasteiger charge is -2.28. The molecule has 9 nitrogen and oxygen atoms in total. The smallest absolute Gasteiger partial charge is 0.494 e.